The average Bonchev–Trinajstić information content (AvgIpc) is 1.92. The van der Waals surface area contributed by atoms with Gasteiger partial charge in [0, 0.05) is 25.7 Å². The van der Waals surface area contributed by atoms with Crippen molar-refractivity contribution in [2.24, 2.45) is 11.8 Å². The maximum absolute atomic E-state index is 13.1. The largest absolute Gasteiger partial charge is 0.472 e. The SMILES string of the molecule is CCCCCC/C=C\C=C/CCCCCCCC(=O)OC[C@H](COP(=O)(O)OC[C@@H](O)COP(=O)(O)OC[C@@H](COC(=O)CCCCCCCCC(C)C)OC(=O)CCCCCCCCCCCCC(C)C)OC(=O)CCCCCCCCCCCCCCCCCCCCCC. The van der Waals surface area contributed by atoms with E-state index in [0.717, 1.165) is 121 Å². The molecular weight excluding hydrogens is 1270 g/mol. The molecule has 5 atom stereocenters. The number of esters is 4. The summed E-state index contributed by atoms with van der Waals surface area (Å²) in [5.74, 6) is -0.719. The molecule has 0 fully saturated rings. The molecule has 0 radical (unpaired) electrons. The molecule has 0 rings (SSSR count). The van der Waals surface area contributed by atoms with Gasteiger partial charge in [-0.15, -0.1) is 0 Å². The molecule has 17 nitrogen and oxygen atoms in total. The summed E-state index contributed by atoms with van der Waals surface area (Å²) >= 11 is 0. The van der Waals surface area contributed by atoms with Gasteiger partial charge in [0.25, 0.3) is 0 Å². The molecule has 0 aromatic carbocycles. The quantitative estimate of drug-likeness (QED) is 0.0169. The fourth-order valence-corrected chi connectivity index (χ4v) is 13.0. The molecule has 572 valence electrons. The fraction of sp³-hybridized carbons (Fsp3) is 0.897. The number of phosphoric ester groups is 2. The number of aliphatic hydroxyl groups excluding tert-OH is 1. The first-order valence-corrected chi connectivity index (χ1v) is 42.8. The highest BCUT2D eigenvalue weighted by atomic mass is 31.2. The number of carbonyl (C=O) groups is 4. The van der Waals surface area contributed by atoms with E-state index in [-0.39, 0.29) is 25.7 Å². The summed E-state index contributed by atoms with van der Waals surface area (Å²) in [5, 5.41) is 10.6. The predicted molar refractivity (Wildman–Crippen MR) is 395 cm³/mol. The Bertz CT molecular complexity index is 1970. The molecule has 0 aromatic rings. The second-order valence-corrected chi connectivity index (χ2v) is 31.3. The van der Waals surface area contributed by atoms with Gasteiger partial charge < -0.3 is 33.8 Å². The number of rotatable bonds is 75. The van der Waals surface area contributed by atoms with Crippen molar-refractivity contribution in [2.75, 3.05) is 39.6 Å². The van der Waals surface area contributed by atoms with Gasteiger partial charge >= 0.3 is 39.5 Å². The van der Waals surface area contributed by atoms with Crippen LogP contribution in [0.3, 0.4) is 0 Å². The Kier molecular flexibility index (Phi) is 67.5. The summed E-state index contributed by atoms with van der Waals surface area (Å²) in [6.45, 7) is 9.44. The van der Waals surface area contributed by atoms with Gasteiger partial charge in [-0.05, 0) is 63.2 Å². The predicted octanol–water partition coefficient (Wildman–Crippen LogP) is 22.7. The fourth-order valence-electron chi connectivity index (χ4n) is 11.5. The van der Waals surface area contributed by atoms with Crippen LogP contribution in [0, 0.1) is 11.8 Å². The smallest absolute Gasteiger partial charge is 0.462 e. The topological polar surface area (TPSA) is 237 Å². The van der Waals surface area contributed by atoms with Gasteiger partial charge in [0.05, 0.1) is 26.4 Å². The Morgan fingerprint density at radius 2 is 0.557 bits per heavy atom. The van der Waals surface area contributed by atoms with E-state index in [2.05, 4.69) is 65.8 Å². The summed E-state index contributed by atoms with van der Waals surface area (Å²) < 4.78 is 68.5. The van der Waals surface area contributed by atoms with Gasteiger partial charge in [0.1, 0.15) is 19.3 Å². The molecule has 0 amide bonds. The lowest BCUT2D eigenvalue weighted by molar-refractivity contribution is -0.161. The number of ether oxygens (including phenoxy) is 4. The van der Waals surface area contributed by atoms with Crippen LogP contribution in [-0.2, 0) is 65.4 Å². The molecule has 19 heteroatoms. The standard InChI is InChI=1S/C78H148O17P2/c1-7-9-11-13-15-17-19-21-23-24-25-26-27-29-31-33-38-42-50-56-62-77(82)94-73(66-88-75(80)60-54-48-41-37-32-30-28-22-20-18-16-14-12-10-8-2)68-92-96(84,85)90-64-72(79)65-91-97(86,87)93-69-74(67-89-76(81)61-55-49-45-44-47-53-59-71(5)6)95-78(83)63-57-51-43-39-35-34-36-40-46-52-58-70(3)4/h18,20,22,28,70-74,79H,7-17,19,21,23-27,29-69H2,1-6H3,(H,84,85)(H,86,87)/b20-18-,28-22-/t72-,73-,74-/m1/s1. The lowest BCUT2D eigenvalue weighted by Gasteiger charge is -2.21. The first-order valence-electron chi connectivity index (χ1n) is 39.8. The minimum absolute atomic E-state index is 0.102. The van der Waals surface area contributed by atoms with E-state index < -0.39 is 97.5 Å². The van der Waals surface area contributed by atoms with Crippen molar-refractivity contribution in [3.63, 3.8) is 0 Å². The molecule has 0 aromatic heterocycles. The van der Waals surface area contributed by atoms with E-state index in [1.807, 2.05) is 0 Å². The van der Waals surface area contributed by atoms with Crippen LogP contribution in [0.2, 0.25) is 0 Å². The third-order valence-corrected chi connectivity index (χ3v) is 19.5. The zero-order valence-electron chi connectivity index (χ0n) is 62.9. The van der Waals surface area contributed by atoms with Crippen LogP contribution in [0.1, 0.15) is 382 Å². The van der Waals surface area contributed by atoms with Crippen molar-refractivity contribution in [2.45, 2.75) is 400 Å². The summed E-state index contributed by atoms with van der Waals surface area (Å²) in [4.78, 5) is 72.8. The van der Waals surface area contributed by atoms with Crippen LogP contribution in [0.15, 0.2) is 24.3 Å². The van der Waals surface area contributed by atoms with Crippen LogP contribution in [0.25, 0.3) is 0 Å². The molecule has 0 bridgehead atoms. The highest BCUT2D eigenvalue weighted by Crippen LogP contribution is 2.45. The third kappa shape index (κ3) is 71.7. The van der Waals surface area contributed by atoms with Crippen molar-refractivity contribution in [1.82, 2.24) is 0 Å². The van der Waals surface area contributed by atoms with Crippen molar-refractivity contribution >= 4 is 39.5 Å². The van der Waals surface area contributed by atoms with Crippen molar-refractivity contribution in [3.8, 4) is 0 Å². The summed E-state index contributed by atoms with van der Waals surface area (Å²) in [6, 6.07) is 0. The van der Waals surface area contributed by atoms with E-state index in [0.29, 0.717) is 31.6 Å². The van der Waals surface area contributed by atoms with Crippen LogP contribution < -0.4 is 0 Å². The van der Waals surface area contributed by atoms with Crippen LogP contribution >= 0.6 is 15.6 Å². The maximum atomic E-state index is 13.1. The first-order chi connectivity index (χ1) is 46.9. The lowest BCUT2D eigenvalue weighted by atomic mass is 10.0. The normalized spacial score (nSPS) is 14.1. The Morgan fingerprint density at radius 1 is 0.320 bits per heavy atom. The Hall–Kier alpha value is -2.46. The molecule has 0 aliphatic rings. The minimum Gasteiger partial charge on any atom is -0.462 e. The van der Waals surface area contributed by atoms with E-state index >= 15 is 0 Å². The van der Waals surface area contributed by atoms with Gasteiger partial charge in [0.15, 0.2) is 12.2 Å². The first kappa shape index (κ1) is 94.5. The Morgan fingerprint density at radius 3 is 0.845 bits per heavy atom. The van der Waals surface area contributed by atoms with Gasteiger partial charge in [-0.3, -0.25) is 37.3 Å². The summed E-state index contributed by atoms with van der Waals surface area (Å²) in [6.07, 6.45) is 60.7. The molecule has 0 aliphatic carbocycles. The second-order valence-electron chi connectivity index (χ2n) is 28.4. The number of carbonyl (C=O) groups excluding carboxylic acids is 4. The van der Waals surface area contributed by atoms with Crippen molar-refractivity contribution in [3.05, 3.63) is 24.3 Å². The van der Waals surface area contributed by atoms with Crippen molar-refractivity contribution < 1.29 is 80.2 Å². The molecule has 3 N–H and O–H groups in total. The number of aliphatic hydroxyl groups is 1. The minimum atomic E-state index is -4.97. The number of phosphoric acid groups is 2. The van der Waals surface area contributed by atoms with Crippen LogP contribution in [-0.4, -0.2) is 96.7 Å². The second kappa shape index (κ2) is 69.3. The number of allylic oxidation sites excluding steroid dienone is 4. The zero-order chi connectivity index (χ0) is 71.4. The third-order valence-electron chi connectivity index (χ3n) is 17.6. The van der Waals surface area contributed by atoms with Gasteiger partial charge in [-0.1, -0.05) is 329 Å². The average molecular weight is 1420 g/mol. The Labute approximate surface area is 592 Å². The van der Waals surface area contributed by atoms with Gasteiger partial charge in [-0.25, -0.2) is 9.13 Å². The molecule has 97 heavy (non-hydrogen) atoms. The van der Waals surface area contributed by atoms with Crippen LogP contribution in [0.4, 0.5) is 0 Å². The number of hydrogen-bond acceptors (Lipinski definition) is 15. The molecule has 2 unspecified atom stereocenters. The highest BCUT2D eigenvalue weighted by molar-refractivity contribution is 7.47. The molecule has 0 saturated carbocycles. The van der Waals surface area contributed by atoms with Gasteiger partial charge in [-0.2, -0.15) is 0 Å². The van der Waals surface area contributed by atoms with Crippen LogP contribution in [0.5, 0.6) is 0 Å². The summed E-state index contributed by atoms with van der Waals surface area (Å²) in [7, 11) is -9.92. The molecule has 0 saturated heterocycles. The van der Waals surface area contributed by atoms with Crippen molar-refractivity contribution in [1.29, 1.82) is 0 Å². The molecule has 0 heterocycles. The Balaban J connectivity index is 5.25. The highest BCUT2D eigenvalue weighted by Gasteiger charge is 2.30. The van der Waals surface area contributed by atoms with E-state index in [4.69, 9.17) is 37.0 Å². The lowest BCUT2D eigenvalue weighted by Crippen LogP contribution is -2.30. The van der Waals surface area contributed by atoms with Gasteiger partial charge in [0.2, 0.25) is 0 Å². The molecule has 0 spiro atoms. The molecular formula is C78H148O17P2. The number of hydrogen-bond donors (Lipinski definition) is 3. The van der Waals surface area contributed by atoms with E-state index in [1.165, 1.54) is 173 Å². The van der Waals surface area contributed by atoms with E-state index in [9.17, 15) is 43.2 Å². The van der Waals surface area contributed by atoms with E-state index in [1.54, 1.807) is 0 Å². The summed E-state index contributed by atoms with van der Waals surface area (Å²) in [5.41, 5.74) is 0. The zero-order valence-corrected chi connectivity index (χ0v) is 64.7. The monoisotopic (exact) mass is 1420 g/mol. The maximum Gasteiger partial charge on any atom is 0.472 e. The molecule has 0 aliphatic heterocycles. The number of unbranched alkanes of at least 4 members (excludes halogenated alkanes) is 42.